The fraction of sp³-hybridized carbons (Fsp3) is 0.417. The van der Waals surface area contributed by atoms with Crippen molar-refractivity contribution in [1.82, 2.24) is 5.32 Å². The Labute approximate surface area is 110 Å². The molecule has 102 valence electrons. The van der Waals surface area contributed by atoms with E-state index in [0.717, 1.165) is 26.2 Å². The molecule has 0 unspecified atom stereocenters. The molecule has 0 aromatic heterocycles. The SMILES string of the molecule is COC(=O)c1cc([N+](=O)[O-])ccc1N1CCNCC1. The number of esters is 1. The van der Waals surface area contributed by atoms with Crippen molar-refractivity contribution in [3.05, 3.63) is 33.9 Å². The zero-order chi connectivity index (χ0) is 13.8. The molecule has 1 aliphatic heterocycles. The maximum absolute atomic E-state index is 11.8. The van der Waals surface area contributed by atoms with E-state index in [1.807, 2.05) is 4.90 Å². The fourth-order valence-electron chi connectivity index (χ4n) is 2.09. The van der Waals surface area contributed by atoms with Gasteiger partial charge in [0.2, 0.25) is 0 Å². The lowest BCUT2D eigenvalue weighted by Crippen LogP contribution is -2.44. The quantitative estimate of drug-likeness (QED) is 0.494. The first-order valence-electron chi connectivity index (χ1n) is 5.96. The van der Waals surface area contributed by atoms with E-state index in [2.05, 4.69) is 5.32 Å². The van der Waals surface area contributed by atoms with E-state index in [9.17, 15) is 14.9 Å². The lowest BCUT2D eigenvalue weighted by Gasteiger charge is -2.30. The number of anilines is 1. The number of hydrogen-bond acceptors (Lipinski definition) is 6. The zero-order valence-electron chi connectivity index (χ0n) is 10.6. The molecule has 0 radical (unpaired) electrons. The van der Waals surface area contributed by atoms with Gasteiger partial charge in [0, 0.05) is 38.3 Å². The van der Waals surface area contributed by atoms with Crippen LogP contribution in [0.25, 0.3) is 0 Å². The van der Waals surface area contributed by atoms with Gasteiger partial charge in [-0.2, -0.15) is 0 Å². The van der Waals surface area contributed by atoms with Crippen molar-refractivity contribution >= 4 is 17.3 Å². The lowest BCUT2D eigenvalue weighted by atomic mass is 10.1. The summed E-state index contributed by atoms with van der Waals surface area (Å²) in [5.41, 5.74) is 0.803. The Hall–Kier alpha value is -2.15. The second-order valence-corrected chi connectivity index (χ2v) is 4.19. The molecule has 1 aromatic rings. The minimum atomic E-state index is -0.558. The fourth-order valence-corrected chi connectivity index (χ4v) is 2.09. The molecule has 1 aromatic carbocycles. The molecule has 0 saturated carbocycles. The Morgan fingerprint density at radius 3 is 2.68 bits per heavy atom. The molecule has 0 atom stereocenters. The van der Waals surface area contributed by atoms with Crippen LogP contribution in [0.4, 0.5) is 11.4 Å². The van der Waals surface area contributed by atoms with Crippen LogP contribution in [0.2, 0.25) is 0 Å². The number of rotatable bonds is 3. The van der Waals surface area contributed by atoms with E-state index in [4.69, 9.17) is 4.74 Å². The van der Waals surface area contributed by atoms with Gasteiger partial charge in [-0.15, -0.1) is 0 Å². The molecule has 7 nitrogen and oxygen atoms in total. The van der Waals surface area contributed by atoms with Crippen LogP contribution < -0.4 is 10.2 Å². The molecule has 0 spiro atoms. The Balaban J connectivity index is 2.40. The van der Waals surface area contributed by atoms with Crippen LogP contribution in [0.5, 0.6) is 0 Å². The van der Waals surface area contributed by atoms with Crippen molar-refractivity contribution in [3.8, 4) is 0 Å². The predicted octanol–water partition coefficient (Wildman–Crippen LogP) is 0.791. The molecule has 0 bridgehead atoms. The third-order valence-electron chi connectivity index (χ3n) is 3.05. The molecule has 1 saturated heterocycles. The van der Waals surface area contributed by atoms with Gasteiger partial charge in [0.05, 0.1) is 23.3 Å². The maximum atomic E-state index is 11.8. The molecule has 19 heavy (non-hydrogen) atoms. The highest BCUT2D eigenvalue weighted by atomic mass is 16.6. The molecular formula is C12H15N3O4. The van der Waals surface area contributed by atoms with Gasteiger partial charge in [-0.05, 0) is 6.07 Å². The summed E-state index contributed by atoms with van der Waals surface area (Å²) in [7, 11) is 1.27. The van der Waals surface area contributed by atoms with E-state index < -0.39 is 10.9 Å². The maximum Gasteiger partial charge on any atom is 0.340 e. The van der Waals surface area contributed by atoms with Gasteiger partial charge < -0.3 is 15.0 Å². The molecule has 7 heteroatoms. The van der Waals surface area contributed by atoms with Crippen LogP contribution in [0.15, 0.2) is 18.2 Å². The Morgan fingerprint density at radius 1 is 1.42 bits per heavy atom. The van der Waals surface area contributed by atoms with Crippen molar-refractivity contribution in [2.75, 3.05) is 38.2 Å². The van der Waals surface area contributed by atoms with Gasteiger partial charge >= 0.3 is 5.97 Å². The van der Waals surface area contributed by atoms with E-state index >= 15 is 0 Å². The first-order valence-corrected chi connectivity index (χ1v) is 5.96. The molecule has 1 heterocycles. The topological polar surface area (TPSA) is 84.7 Å². The molecule has 1 N–H and O–H groups in total. The van der Waals surface area contributed by atoms with Crippen LogP contribution in [0.3, 0.4) is 0 Å². The van der Waals surface area contributed by atoms with Crippen molar-refractivity contribution in [2.45, 2.75) is 0 Å². The van der Waals surface area contributed by atoms with Crippen LogP contribution in [0, 0.1) is 10.1 Å². The number of methoxy groups -OCH3 is 1. The predicted molar refractivity (Wildman–Crippen MR) is 69.5 cm³/mol. The highest BCUT2D eigenvalue weighted by molar-refractivity contribution is 5.96. The summed E-state index contributed by atoms with van der Waals surface area (Å²) in [5, 5.41) is 14.0. The van der Waals surface area contributed by atoms with Crippen molar-refractivity contribution in [3.63, 3.8) is 0 Å². The summed E-state index contributed by atoms with van der Waals surface area (Å²) in [4.78, 5) is 24.0. The highest BCUT2D eigenvalue weighted by Gasteiger charge is 2.21. The van der Waals surface area contributed by atoms with Crippen molar-refractivity contribution < 1.29 is 14.5 Å². The third-order valence-corrected chi connectivity index (χ3v) is 3.05. The number of carbonyl (C=O) groups excluding carboxylic acids is 1. The summed E-state index contributed by atoms with van der Waals surface area (Å²) in [6.45, 7) is 3.14. The number of carbonyl (C=O) groups is 1. The molecular weight excluding hydrogens is 250 g/mol. The van der Waals surface area contributed by atoms with E-state index in [1.165, 1.54) is 19.2 Å². The number of hydrogen-bond donors (Lipinski definition) is 1. The minimum absolute atomic E-state index is 0.112. The van der Waals surface area contributed by atoms with Gasteiger partial charge in [-0.3, -0.25) is 10.1 Å². The van der Waals surface area contributed by atoms with Gasteiger partial charge in [0.1, 0.15) is 0 Å². The van der Waals surface area contributed by atoms with Crippen LogP contribution >= 0.6 is 0 Å². The monoisotopic (exact) mass is 265 g/mol. The number of ether oxygens (including phenoxy) is 1. The Bertz CT molecular complexity index is 498. The zero-order valence-corrected chi connectivity index (χ0v) is 10.6. The second-order valence-electron chi connectivity index (χ2n) is 4.19. The number of non-ortho nitro benzene ring substituents is 1. The number of nitro benzene ring substituents is 1. The average Bonchev–Trinajstić information content (AvgIpc) is 2.46. The highest BCUT2D eigenvalue weighted by Crippen LogP contribution is 2.26. The molecule has 2 rings (SSSR count). The minimum Gasteiger partial charge on any atom is -0.465 e. The van der Waals surface area contributed by atoms with Crippen LogP contribution in [0.1, 0.15) is 10.4 Å². The van der Waals surface area contributed by atoms with Crippen molar-refractivity contribution in [1.29, 1.82) is 0 Å². The summed E-state index contributed by atoms with van der Waals surface area (Å²) < 4.78 is 4.70. The molecule has 1 aliphatic rings. The number of piperazine rings is 1. The van der Waals surface area contributed by atoms with Crippen LogP contribution in [-0.2, 0) is 4.74 Å². The van der Waals surface area contributed by atoms with Gasteiger partial charge in [-0.25, -0.2) is 4.79 Å². The number of nitro groups is 1. The summed E-state index contributed by atoms with van der Waals surface area (Å²) in [6, 6.07) is 4.28. The van der Waals surface area contributed by atoms with E-state index in [0.29, 0.717) is 5.69 Å². The first kappa shape index (κ1) is 13.3. The van der Waals surface area contributed by atoms with Crippen molar-refractivity contribution in [2.24, 2.45) is 0 Å². The van der Waals surface area contributed by atoms with Gasteiger partial charge in [0.25, 0.3) is 5.69 Å². The first-order chi connectivity index (χ1) is 9.13. The Kier molecular flexibility index (Phi) is 3.96. The molecule has 1 fully saturated rings. The third kappa shape index (κ3) is 2.82. The standard InChI is InChI=1S/C12H15N3O4/c1-19-12(16)10-8-9(15(17)18)2-3-11(10)14-6-4-13-5-7-14/h2-3,8,13H,4-7H2,1H3. The summed E-state index contributed by atoms with van der Waals surface area (Å²) >= 11 is 0. The Morgan fingerprint density at radius 2 is 2.11 bits per heavy atom. The van der Waals surface area contributed by atoms with E-state index in [-0.39, 0.29) is 11.3 Å². The second kappa shape index (κ2) is 5.66. The van der Waals surface area contributed by atoms with Gasteiger partial charge in [0.15, 0.2) is 0 Å². The van der Waals surface area contributed by atoms with Crippen LogP contribution in [-0.4, -0.2) is 44.2 Å². The van der Waals surface area contributed by atoms with E-state index in [1.54, 1.807) is 6.07 Å². The molecule has 0 aliphatic carbocycles. The lowest BCUT2D eigenvalue weighted by molar-refractivity contribution is -0.384. The number of nitrogens with one attached hydrogen (secondary N) is 1. The summed E-state index contributed by atoms with van der Waals surface area (Å²) in [6.07, 6.45) is 0. The smallest absolute Gasteiger partial charge is 0.340 e. The normalized spacial score (nSPS) is 15.1. The molecule has 0 amide bonds. The number of nitrogens with zero attached hydrogens (tertiary/aromatic N) is 2. The largest absolute Gasteiger partial charge is 0.465 e. The number of benzene rings is 1. The average molecular weight is 265 g/mol. The van der Waals surface area contributed by atoms with Gasteiger partial charge in [-0.1, -0.05) is 0 Å². The summed E-state index contributed by atoms with van der Waals surface area (Å²) in [5.74, 6) is -0.558.